The van der Waals surface area contributed by atoms with E-state index in [0.717, 1.165) is 11.1 Å². The first kappa shape index (κ1) is 13.0. The van der Waals surface area contributed by atoms with Crippen LogP contribution in [-0.4, -0.2) is 31.2 Å². The Morgan fingerprint density at radius 2 is 2.14 bits per heavy atom. The van der Waals surface area contributed by atoms with E-state index < -0.39 is 4.92 Å². The summed E-state index contributed by atoms with van der Waals surface area (Å²) in [7, 11) is 0. The van der Waals surface area contributed by atoms with Crippen LogP contribution >= 0.6 is 0 Å². The van der Waals surface area contributed by atoms with Gasteiger partial charge in [-0.2, -0.15) is 5.10 Å². The maximum absolute atomic E-state index is 11.0. The monoisotopic (exact) mass is 284 g/mol. The number of nitrogens with zero attached hydrogens (tertiary/aromatic N) is 5. The molecule has 0 bridgehead atoms. The maximum atomic E-state index is 11.0. The number of aromatic nitrogens is 4. The van der Waals surface area contributed by atoms with Gasteiger partial charge in [-0.3, -0.25) is 19.8 Å². The molecule has 0 aliphatic rings. The third kappa shape index (κ3) is 2.64. The highest BCUT2D eigenvalue weighted by molar-refractivity contribution is 5.99. The average Bonchev–Trinajstić information content (AvgIpc) is 3.00. The molecular formula is C13H12N6O2. The summed E-state index contributed by atoms with van der Waals surface area (Å²) in [5.41, 5.74) is 0.887. The molecule has 106 valence electrons. The van der Waals surface area contributed by atoms with Crippen LogP contribution < -0.4 is 5.32 Å². The van der Waals surface area contributed by atoms with E-state index in [1.54, 1.807) is 29.3 Å². The van der Waals surface area contributed by atoms with Gasteiger partial charge in [0, 0.05) is 36.1 Å². The molecule has 2 heterocycles. The van der Waals surface area contributed by atoms with Crippen molar-refractivity contribution in [1.82, 2.24) is 19.7 Å². The van der Waals surface area contributed by atoms with Crippen LogP contribution in [-0.2, 0) is 6.54 Å². The molecule has 8 heteroatoms. The molecule has 8 nitrogen and oxygen atoms in total. The third-order valence-electron chi connectivity index (χ3n) is 3.11. The fraction of sp³-hybridized carbons (Fsp3) is 0.154. The van der Waals surface area contributed by atoms with Crippen molar-refractivity contribution in [3.05, 3.63) is 53.4 Å². The number of hydrogen-bond donors (Lipinski definition) is 1. The lowest BCUT2D eigenvalue weighted by molar-refractivity contribution is -0.383. The summed E-state index contributed by atoms with van der Waals surface area (Å²) >= 11 is 0. The zero-order chi connectivity index (χ0) is 14.7. The van der Waals surface area contributed by atoms with Gasteiger partial charge >= 0.3 is 0 Å². The van der Waals surface area contributed by atoms with Gasteiger partial charge in [-0.1, -0.05) is 0 Å². The minimum absolute atomic E-state index is 0.0555. The summed E-state index contributed by atoms with van der Waals surface area (Å²) in [4.78, 5) is 18.5. The predicted octanol–water partition coefficient (Wildman–Crippen LogP) is 1.85. The van der Waals surface area contributed by atoms with E-state index in [0.29, 0.717) is 18.5 Å². The molecule has 0 unspecified atom stereocenters. The number of rotatable bonds is 5. The van der Waals surface area contributed by atoms with Gasteiger partial charge in [0.25, 0.3) is 5.69 Å². The van der Waals surface area contributed by atoms with E-state index in [-0.39, 0.29) is 5.69 Å². The number of hydrogen-bond acceptors (Lipinski definition) is 6. The van der Waals surface area contributed by atoms with Gasteiger partial charge in [0.05, 0.1) is 16.9 Å². The number of anilines is 1. The molecule has 0 fully saturated rings. The highest BCUT2D eigenvalue weighted by Gasteiger charge is 2.13. The Bertz CT molecular complexity index is 771. The Balaban J connectivity index is 1.85. The van der Waals surface area contributed by atoms with Gasteiger partial charge in [0.1, 0.15) is 12.7 Å². The number of non-ortho nitro benzene ring substituents is 1. The van der Waals surface area contributed by atoms with Crippen LogP contribution in [0.25, 0.3) is 10.8 Å². The van der Waals surface area contributed by atoms with E-state index in [1.807, 2.05) is 0 Å². The molecule has 21 heavy (non-hydrogen) atoms. The Morgan fingerprint density at radius 1 is 1.24 bits per heavy atom. The Morgan fingerprint density at radius 3 is 2.90 bits per heavy atom. The Hall–Kier alpha value is -3.03. The largest absolute Gasteiger partial charge is 0.383 e. The van der Waals surface area contributed by atoms with Crippen LogP contribution in [0.3, 0.4) is 0 Å². The number of nitrogens with one attached hydrogen (secondary N) is 1. The summed E-state index contributed by atoms with van der Waals surface area (Å²) in [5, 5.41) is 19.6. The number of benzene rings is 1. The second-order valence-electron chi connectivity index (χ2n) is 4.40. The van der Waals surface area contributed by atoms with Gasteiger partial charge < -0.3 is 5.32 Å². The molecule has 1 N–H and O–H groups in total. The minimum Gasteiger partial charge on any atom is -0.383 e. The van der Waals surface area contributed by atoms with Crippen molar-refractivity contribution in [3.63, 3.8) is 0 Å². The number of pyridine rings is 1. The first-order chi connectivity index (χ1) is 10.3. The molecule has 1 aromatic carbocycles. The third-order valence-corrected chi connectivity index (χ3v) is 3.11. The minimum atomic E-state index is -0.400. The van der Waals surface area contributed by atoms with Crippen molar-refractivity contribution in [2.24, 2.45) is 0 Å². The summed E-state index contributed by atoms with van der Waals surface area (Å²) in [6.45, 7) is 1.29. The lowest BCUT2D eigenvalue weighted by atomic mass is 10.1. The topological polar surface area (TPSA) is 98.8 Å². The van der Waals surface area contributed by atoms with Crippen LogP contribution in [0.4, 0.5) is 11.4 Å². The maximum Gasteiger partial charge on any atom is 0.278 e. The molecule has 0 amide bonds. The highest BCUT2D eigenvalue weighted by atomic mass is 16.6. The molecule has 0 radical (unpaired) electrons. The lowest BCUT2D eigenvalue weighted by Gasteiger charge is -2.09. The van der Waals surface area contributed by atoms with Gasteiger partial charge in [-0.05, 0) is 12.1 Å². The number of nitro benzene ring substituents is 1. The van der Waals surface area contributed by atoms with Crippen LogP contribution in [0.15, 0.2) is 43.2 Å². The predicted molar refractivity (Wildman–Crippen MR) is 76.9 cm³/mol. The smallest absolute Gasteiger partial charge is 0.278 e. The van der Waals surface area contributed by atoms with Crippen molar-refractivity contribution in [1.29, 1.82) is 0 Å². The normalized spacial score (nSPS) is 10.7. The summed E-state index contributed by atoms with van der Waals surface area (Å²) in [6.07, 6.45) is 6.25. The highest BCUT2D eigenvalue weighted by Crippen LogP contribution is 2.30. The first-order valence-electron chi connectivity index (χ1n) is 6.33. The van der Waals surface area contributed by atoms with Crippen LogP contribution in [0.5, 0.6) is 0 Å². The molecule has 0 saturated carbocycles. The molecule has 0 atom stereocenters. The number of fused-ring (bicyclic) bond motifs is 1. The molecule has 0 saturated heterocycles. The summed E-state index contributed by atoms with van der Waals surface area (Å²) in [6, 6.07) is 4.96. The molecule has 3 rings (SSSR count). The van der Waals surface area contributed by atoms with Crippen molar-refractivity contribution in [2.75, 3.05) is 11.9 Å². The van der Waals surface area contributed by atoms with Crippen LogP contribution in [0.2, 0.25) is 0 Å². The second-order valence-corrected chi connectivity index (χ2v) is 4.40. The van der Waals surface area contributed by atoms with E-state index >= 15 is 0 Å². The number of nitro groups is 1. The molecule has 0 spiro atoms. The van der Waals surface area contributed by atoms with Gasteiger partial charge in [0.15, 0.2) is 0 Å². The van der Waals surface area contributed by atoms with Gasteiger partial charge in [-0.15, -0.1) is 0 Å². The van der Waals surface area contributed by atoms with Crippen LogP contribution in [0, 0.1) is 10.1 Å². The van der Waals surface area contributed by atoms with Crippen molar-refractivity contribution < 1.29 is 4.92 Å². The summed E-state index contributed by atoms with van der Waals surface area (Å²) < 4.78 is 1.71. The molecular weight excluding hydrogens is 272 g/mol. The lowest BCUT2D eigenvalue weighted by Crippen LogP contribution is -2.11. The second kappa shape index (κ2) is 5.53. The zero-order valence-electron chi connectivity index (χ0n) is 11.0. The molecule has 2 aromatic heterocycles. The Kier molecular flexibility index (Phi) is 3.42. The van der Waals surface area contributed by atoms with Crippen molar-refractivity contribution >= 4 is 22.1 Å². The fourth-order valence-electron chi connectivity index (χ4n) is 2.14. The zero-order valence-corrected chi connectivity index (χ0v) is 11.0. The van der Waals surface area contributed by atoms with Gasteiger partial charge in [0.2, 0.25) is 0 Å². The first-order valence-corrected chi connectivity index (χ1v) is 6.33. The van der Waals surface area contributed by atoms with Crippen LogP contribution in [0.1, 0.15) is 0 Å². The van der Waals surface area contributed by atoms with Gasteiger partial charge in [-0.25, -0.2) is 4.98 Å². The van der Waals surface area contributed by atoms with E-state index in [4.69, 9.17) is 0 Å². The Labute approximate surface area is 119 Å². The van der Waals surface area contributed by atoms with E-state index in [2.05, 4.69) is 20.4 Å². The van der Waals surface area contributed by atoms with E-state index in [1.165, 1.54) is 18.6 Å². The fourth-order valence-corrected chi connectivity index (χ4v) is 2.14. The standard InChI is InChI=1S/C13H12N6O2/c20-19(21)13-2-1-12(10-3-4-14-7-11(10)13)16-5-6-18-9-15-8-17-18/h1-4,7-9,16H,5-6H2. The summed E-state index contributed by atoms with van der Waals surface area (Å²) in [5.74, 6) is 0. The average molecular weight is 284 g/mol. The van der Waals surface area contributed by atoms with E-state index in [9.17, 15) is 10.1 Å². The SMILES string of the molecule is O=[N+]([O-])c1ccc(NCCn2cncn2)c2ccncc12. The quantitative estimate of drug-likeness (QED) is 0.567. The molecule has 3 aromatic rings. The van der Waals surface area contributed by atoms with Crippen molar-refractivity contribution in [3.8, 4) is 0 Å². The van der Waals surface area contributed by atoms with Crippen molar-refractivity contribution in [2.45, 2.75) is 6.54 Å². The molecule has 0 aliphatic heterocycles. The molecule has 0 aliphatic carbocycles.